The zero-order chi connectivity index (χ0) is 3.58. The van der Waals surface area contributed by atoms with Crippen LogP contribution in [0.4, 0.5) is 0 Å². The van der Waals surface area contributed by atoms with Gasteiger partial charge in [-0.1, -0.05) is 0 Å². The molecule has 3 heteroatoms. The van der Waals surface area contributed by atoms with Crippen LogP contribution in [0, 0.1) is 6.92 Å². The van der Waals surface area contributed by atoms with Gasteiger partial charge in [0.25, 0.3) is 0 Å². The van der Waals surface area contributed by atoms with Gasteiger partial charge in [0.15, 0.2) is 5.97 Å². The van der Waals surface area contributed by atoms with Crippen molar-refractivity contribution in [3.63, 3.8) is 0 Å². The Balaban J connectivity index is 0. The van der Waals surface area contributed by atoms with Crippen molar-refractivity contribution in [1.82, 2.24) is 0 Å². The number of hydrogen-bond acceptors (Lipinski definition) is 1. The molecule has 2 nitrogen and oxygen atoms in total. The van der Waals surface area contributed by atoms with E-state index in [0.717, 1.165) is 0 Å². The molecule has 0 aliphatic carbocycles. The summed E-state index contributed by atoms with van der Waals surface area (Å²) in [5.41, 5.74) is 0. The van der Waals surface area contributed by atoms with Gasteiger partial charge in [-0.25, -0.2) is 0 Å². The molecule has 0 spiro atoms. The van der Waals surface area contributed by atoms with Crippen LogP contribution >= 0.6 is 0 Å². The molecule has 1 N–H and O–H groups in total. The Bertz CT molecular complexity index is 30.6. The molecule has 0 aromatic carbocycles. The first kappa shape index (κ1) is 8.85. The van der Waals surface area contributed by atoms with E-state index in [1.807, 2.05) is 0 Å². The summed E-state index contributed by atoms with van der Waals surface area (Å²) < 4.78 is 0. The Morgan fingerprint density at radius 3 is 1.80 bits per heavy atom. The molecule has 0 saturated heterocycles. The zero-order valence-electron chi connectivity index (χ0n) is 2.42. The summed E-state index contributed by atoms with van der Waals surface area (Å²) in [5, 5.41) is 7.31. The Morgan fingerprint density at radius 1 is 1.80 bits per heavy atom. The van der Waals surface area contributed by atoms with Gasteiger partial charge in [-0.05, 0) is 0 Å². The first-order valence-electron chi connectivity index (χ1n) is 0.781. The SMILES string of the molecule is [CH2-]C(=O)O.[Fe]. The molecule has 0 bridgehead atoms. The standard InChI is InChI=1S/C2H3O2.Fe/c1-2(3)4;/h1H2,(H,3,4);/q-1;. The van der Waals surface area contributed by atoms with Crippen molar-refractivity contribution in [3.8, 4) is 0 Å². The van der Waals surface area contributed by atoms with Crippen molar-refractivity contribution in [2.75, 3.05) is 0 Å². The summed E-state index contributed by atoms with van der Waals surface area (Å²) in [6, 6.07) is 0. The maximum absolute atomic E-state index is 8.89. The second-order valence-corrected chi connectivity index (χ2v) is 0.394. The molecular weight excluding hydrogens is 112 g/mol. The van der Waals surface area contributed by atoms with E-state index in [-0.39, 0.29) is 17.1 Å². The van der Waals surface area contributed by atoms with Gasteiger partial charge in [-0.2, -0.15) is 0 Å². The van der Waals surface area contributed by atoms with E-state index in [2.05, 4.69) is 6.92 Å². The average molecular weight is 115 g/mol. The topological polar surface area (TPSA) is 37.3 Å². The second kappa shape index (κ2) is 3.86. The Hall–Kier alpha value is -0.141. The summed E-state index contributed by atoms with van der Waals surface area (Å²) in [7, 11) is 0. The third-order valence-corrected chi connectivity index (χ3v) is 0. The van der Waals surface area contributed by atoms with Gasteiger partial charge < -0.3 is 5.11 Å². The fourth-order valence-electron chi connectivity index (χ4n) is 0. The van der Waals surface area contributed by atoms with Crippen LogP contribution in [0.3, 0.4) is 0 Å². The van der Waals surface area contributed by atoms with Gasteiger partial charge in [0, 0.05) is 17.1 Å². The largest absolute Gasteiger partial charge is 0.503 e. The van der Waals surface area contributed by atoms with Crippen molar-refractivity contribution < 1.29 is 27.0 Å². The maximum atomic E-state index is 8.89. The van der Waals surface area contributed by atoms with Crippen LogP contribution in [0.2, 0.25) is 0 Å². The minimum Gasteiger partial charge on any atom is -0.503 e. The monoisotopic (exact) mass is 115 g/mol. The summed E-state index contributed by atoms with van der Waals surface area (Å²) >= 11 is 0. The summed E-state index contributed by atoms with van der Waals surface area (Å²) in [6.07, 6.45) is 0. The van der Waals surface area contributed by atoms with Gasteiger partial charge in [-0.3, -0.25) is 11.7 Å². The third kappa shape index (κ3) is 676. The number of rotatable bonds is 0. The van der Waals surface area contributed by atoms with Gasteiger partial charge >= 0.3 is 0 Å². The van der Waals surface area contributed by atoms with Gasteiger partial charge in [-0.15, -0.1) is 0 Å². The average Bonchev–Trinajstić information content (AvgIpc) is 0.811. The third-order valence-electron chi connectivity index (χ3n) is 0. The number of aliphatic carboxylic acids is 1. The van der Waals surface area contributed by atoms with Crippen LogP contribution in [0.1, 0.15) is 0 Å². The van der Waals surface area contributed by atoms with Gasteiger partial charge in [0.05, 0.1) is 0 Å². The molecule has 32 valence electrons. The van der Waals surface area contributed by atoms with Crippen molar-refractivity contribution in [3.05, 3.63) is 6.92 Å². The molecule has 0 amide bonds. The molecule has 0 heterocycles. The van der Waals surface area contributed by atoms with E-state index in [4.69, 9.17) is 9.90 Å². The predicted molar refractivity (Wildman–Crippen MR) is 13.0 cm³/mol. The zero-order valence-corrected chi connectivity index (χ0v) is 3.52. The Morgan fingerprint density at radius 2 is 1.80 bits per heavy atom. The molecule has 0 fully saturated rings. The minimum atomic E-state index is -1.08. The molecule has 0 radical (unpaired) electrons. The fraction of sp³-hybridized carbons (Fsp3) is 0. The summed E-state index contributed by atoms with van der Waals surface area (Å²) in [6.45, 7) is 2.56. The van der Waals surface area contributed by atoms with Crippen LogP contribution in [-0.4, -0.2) is 11.1 Å². The number of carbonyl (C=O) groups is 1. The van der Waals surface area contributed by atoms with E-state index >= 15 is 0 Å². The molecule has 0 aliphatic rings. The molecular formula is C2H3FeO2-. The van der Waals surface area contributed by atoms with E-state index in [0.29, 0.717) is 0 Å². The second-order valence-electron chi connectivity index (χ2n) is 0.394. The minimum absolute atomic E-state index is 0. The summed E-state index contributed by atoms with van der Waals surface area (Å²) in [5.74, 6) is -1.08. The molecule has 0 aliphatic heterocycles. The van der Waals surface area contributed by atoms with Crippen molar-refractivity contribution >= 4 is 5.97 Å². The smallest absolute Gasteiger partial charge is 0.161 e. The molecule has 0 rings (SSSR count). The number of hydrogen-bond donors (Lipinski definition) is 1. The number of carboxylic acid groups (broad SMARTS) is 1. The Labute approximate surface area is 40.7 Å². The van der Waals surface area contributed by atoms with Crippen LogP contribution in [0.5, 0.6) is 0 Å². The van der Waals surface area contributed by atoms with Crippen LogP contribution < -0.4 is 0 Å². The van der Waals surface area contributed by atoms with Gasteiger partial charge in [0.2, 0.25) is 0 Å². The number of carboxylic acids is 1. The quantitative estimate of drug-likeness (QED) is 0.353. The van der Waals surface area contributed by atoms with Crippen molar-refractivity contribution in [2.45, 2.75) is 0 Å². The predicted octanol–water partition coefficient (Wildman–Crippen LogP) is -0.0974. The van der Waals surface area contributed by atoms with E-state index < -0.39 is 5.97 Å². The van der Waals surface area contributed by atoms with E-state index in [1.165, 1.54) is 0 Å². The van der Waals surface area contributed by atoms with Crippen LogP contribution in [0.15, 0.2) is 0 Å². The molecule has 0 saturated carbocycles. The van der Waals surface area contributed by atoms with Crippen molar-refractivity contribution in [2.24, 2.45) is 0 Å². The van der Waals surface area contributed by atoms with E-state index in [9.17, 15) is 0 Å². The van der Waals surface area contributed by atoms with Gasteiger partial charge in [0.1, 0.15) is 0 Å². The van der Waals surface area contributed by atoms with Crippen molar-refractivity contribution in [1.29, 1.82) is 0 Å². The van der Waals surface area contributed by atoms with E-state index in [1.54, 1.807) is 0 Å². The maximum Gasteiger partial charge on any atom is 0.161 e. The first-order valence-corrected chi connectivity index (χ1v) is 0.781. The molecule has 0 unspecified atom stereocenters. The summed E-state index contributed by atoms with van der Waals surface area (Å²) in [4.78, 5) is 8.89. The molecule has 0 atom stereocenters. The fourth-order valence-corrected chi connectivity index (χ4v) is 0. The molecule has 5 heavy (non-hydrogen) atoms. The molecule has 0 aromatic rings. The Kier molecular flexibility index (Phi) is 6.83. The normalized spacial score (nSPS) is 4.80. The van der Waals surface area contributed by atoms with Crippen LogP contribution in [-0.2, 0) is 21.9 Å². The molecule has 0 aromatic heterocycles. The first-order chi connectivity index (χ1) is 1.73. The van der Waals surface area contributed by atoms with Crippen LogP contribution in [0.25, 0.3) is 0 Å².